The maximum Gasteiger partial charge on any atom is 0.251 e. The highest BCUT2D eigenvalue weighted by atomic mass is 35.5. The molecule has 6 nitrogen and oxygen atoms in total. The van der Waals surface area contributed by atoms with E-state index in [9.17, 15) is 13.2 Å². The van der Waals surface area contributed by atoms with Crippen molar-refractivity contribution in [2.24, 2.45) is 0 Å². The summed E-state index contributed by atoms with van der Waals surface area (Å²) >= 11 is 5.88. The molecule has 2 saturated heterocycles. The van der Waals surface area contributed by atoms with Crippen LogP contribution < -0.4 is 5.32 Å². The van der Waals surface area contributed by atoms with Gasteiger partial charge in [0.2, 0.25) is 0 Å². The first-order valence-electron chi connectivity index (χ1n) is 5.32. The summed E-state index contributed by atoms with van der Waals surface area (Å²) < 4.78 is 32.9. The second-order valence-electron chi connectivity index (χ2n) is 4.14. The molecular weight excluding hydrogens is 270 g/mol. The zero-order valence-corrected chi connectivity index (χ0v) is 10.7. The Balaban J connectivity index is 1.90. The van der Waals surface area contributed by atoms with E-state index in [2.05, 4.69) is 5.32 Å². The predicted molar refractivity (Wildman–Crippen MR) is 60.8 cm³/mol. The third-order valence-corrected chi connectivity index (χ3v) is 5.09. The van der Waals surface area contributed by atoms with Gasteiger partial charge >= 0.3 is 0 Å². The number of amides is 1. The number of sulfone groups is 1. The lowest BCUT2D eigenvalue weighted by Gasteiger charge is -2.24. The number of hydrogen-bond donors (Lipinski definition) is 1. The van der Waals surface area contributed by atoms with Gasteiger partial charge in [-0.05, 0) is 0 Å². The van der Waals surface area contributed by atoms with Gasteiger partial charge in [0.25, 0.3) is 5.91 Å². The van der Waals surface area contributed by atoms with Crippen LogP contribution in [0.4, 0.5) is 0 Å². The first kappa shape index (κ1) is 13.1. The number of ether oxygens (including phenoxy) is 2. The van der Waals surface area contributed by atoms with Crippen LogP contribution in [0, 0.1) is 0 Å². The molecule has 2 aliphatic rings. The quantitative estimate of drug-likeness (QED) is 0.652. The van der Waals surface area contributed by atoms with Gasteiger partial charge in [-0.2, -0.15) is 0 Å². The Labute approximate surface area is 105 Å². The van der Waals surface area contributed by atoms with Crippen molar-refractivity contribution in [2.45, 2.75) is 17.5 Å². The maximum atomic E-state index is 11.7. The fourth-order valence-corrected chi connectivity index (χ4v) is 4.40. The fourth-order valence-electron chi connectivity index (χ4n) is 1.85. The van der Waals surface area contributed by atoms with Crippen LogP contribution in [0.25, 0.3) is 0 Å². The van der Waals surface area contributed by atoms with Crippen LogP contribution in [-0.4, -0.2) is 63.2 Å². The van der Waals surface area contributed by atoms with E-state index in [0.29, 0.717) is 13.2 Å². The van der Waals surface area contributed by atoms with Gasteiger partial charge in [-0.3, -0.25) is 4.79 Å². The monoisotopic (exact) mass is 283 g/mol. The average Bonchev–Trinajstić information content (AvgIpc) is 2.53. The summed E-state index contributed by atoms with van der Waals surface area (Å²) in [7, 11) is -3.14. The van der Waals surface area contributed by atoms with Crippen molar-refractivity contribution in [3.8, 4) is 0 Å². The van der Waals surface area contributed by atoms with E-state index >= 15 is 0 Å². The van der Waals surface area contributed by atoms with E-state index in [0.717, 1.165) is 0 Å². The standard InChI is InChI=1S/C9H14ClNO5S/c10-6-4-17(13,14)5-7(6)11-9(12)8-3-15-1-2-16-8/h6-8H,1-5H2,(H,11,12). The fraction of sp³-hybridized carbons (Fsp3) is 0.889. The predicted octanol–water partition coefficient (Wildman–Crippen LogP) is -1.08. The molecule has 0 aromatic carbocycles. The minimum absolute atomic E-state index is 0.0957. The number of nitrogens with one attached hydrogen (secondary N) is 1. The van der Waals surface area contributed by atoms with Crippen LogP contribution in [0.1, 0.15) is 0 Å². The van der Waals surface area contributed by atoms with Gasteiger partial charge in [-0.15, -0.1) is 11.6 Å². The Kier molecular flexibility index (Phi) is 3.92. The van der Waals surface area contributed by atoms with Gasteiger partial charge in [0.05, 0.1) is 42.7 Å². The van der Waals surface area contributed by atoms with Crippen LogP contribution in [0.5, 0.6) is 0 Å². The first-order chi connectivity index (χ1) is 7.98. The SMILES string of the molecule is O=C(NC1CS(=O)(=O)CC1Cl)C1COCCO1. The molecule has 0 aromatic heterocycles. The number of alkyl halides is 1. The number of carbonyl (C=O) groups is 1. The Morgan fingerprint density at radius 1 is 1.29 bits per heavy atom. The van der Waals surface area contributed by atoms with Crippen molar-refractivity contribution in [3.63, 3.8) is 0 Å². The number of hydrogen-bond acceptors (Lipinski definition) is 5. The highest BCUT2D eigenvalue weighted by Crippen LogP contribution is 2.18. The van der Waals surface area contributed by atoms with E-state index in [1.54, 1.807) is 0 Å². The normalized spacial score (nSPS) is 36.6. The smallest absolute Gasteiger partial charge is 0.251 e. The second-order valence-corrected chi connectivity index (χ2v) is 6.86. The first-order valence-corrected chi connectivity index (χ1v) is 7.58. The molecule has 0 bridgehead atoms. The lowest BCUT2D eigenvalue weighted by Crippen LogP contribution is -2.49. The summed E-state index contributed by atoms with van der Waals surface area (Å²) in [5.41, 5.74) is 0. The molecule has 2 fully saturated rings. The van der Waals surface area contributed by atoms with Crippen LogP contribution in [0.3, 0.4) is 0 Å². The highest BCUT2D eigenvalue weighted by molar-refractivity contribution is 7.91. The van der Waals surface area contributed by atoms with Gasteiger partial charge in [-0.25, -0.2) is 8.42 Å². The highest BCUT2D eigenvalue weighted by Gasteiger charge is 2.38. The molecule has 8 heteroatoms. The van der Waals surface area contributed by atoms with Crippen LogP contribution >= 0.6 is 11.6 Å². The number of carbonyl (C=O) groups excluding carboxylic acids is 1. The topological polar surface area (TPSA) is 81.7 Å². The van der Waals surface area contributed by atoms with Crippen LogP contribution in [-0.2, 0) is 24.1 Å². The van der Waals surface area contributed by atoms with E-state index < -0.39 is 27.4 Å². The molecule has 0 spiro atoms. The van der Waals surface area contributed by atoms with Gasteiger partial charge in [0, 0.05) is 0 Å². The summed E-state index contributed by atoms with van der Waals surface area (Å²) in [4.78, 5) is 11.7. The second kappa shape index (κ2) is 5.09. The van der Waals surface area contributed by atoms with Gasteiger partial charge < -0.3 is 14.8 Å². The van der Waals surface area contributed by atoms with Crippen molar-refractivity contribution in [1.29, 1.82) is 0 Å². The Hall–Kier alpha value is -0.370. The van der Waals surface area contributed by atoms with Crippen LogP contribution in [0.15, 0.2) is 0 Å². The zero-order valence-electron chi connectivity index (χ0n) is 9.10. The van der Waals surface area contributed by atoms with E-state index in [-0.39, 0.29) is 24.0 Å². The van der Waals surface area contributed by atoms with Crippen molar-refractivity contribution < 1.29 is 22.7 Å². The lowest BCUT2D eigenvalue weighted by atomic mass is 10.2. The molecule has 2 heterocycles. The number of halogens is 1. The molecule has 0 radical (unpaired) electrons. The maximum absolute atomic E-state index is 11.7. The van der Waals surface area contributed by atoms with Crippen molar-refractivity contribution in [2.75, 3.05) is 31.3 Å². The summed E-state index contributed by atoms with van der Waals surface area (Å²) in [6, 6.07) is -0.542. The van der Waals surface area contributed by atoms with Crippen molar-refractivity contribution in [1.82, 2.24) is 5.32 Å². The zero-order chi connectivity index (χ0) is 12.5. The van der Waals surface area contributed by atoms with Gasteiger partial charge in [-0.1, -0.05) is 0 Å². The largest absolute Gasteiger partial charge is 0.376 e. The van der Waals surface area contributed by atoms with Crippen molar-refractivity contribution in [3.05, 3.63) is 0 Å². The summed E-state index contributed by atoms with van der Waals surface area (Å²) in [5, 5.41) is 2.02. The summed E-state index contributed by atoms with van der Waals surface area (Å²) in [6.45, 7) is 1.03. The minimum Gasteiger partial charge on any atom is -0.376 e. The molecule has 0 aromatic rings. The van der Waals surface area contributed by atoms with Crippen molar-refractivity contribution >= 4 is 27.3 Å². The summed E-state index contributed by atoms with van der Waals surface area (Å²) in [6.07, 6.45) is -0.670. The van der Waals surface area contributed by atoms with E-state index in [1.165, 1.54) is 0 Å². The number of rotatable bonds is 2. The molecule has 3 atom stereocenters. The third-order valence-electron chi connectivity index (χ3n) is 2.72. The molecule has 2 aliphatic heterocycles. The molecule has 0 saturated carbocycles. The molecule has 98 valence electrons. The molecule has 0 aliphatic carbocycles. The summed E-state index contributed by atoms with van der Waals surface area (Å²) in [5.74, 6) is -0.570. The lowest BCUT2D eigenvalue weighted by molar-refractivity contribution is -0.148. The molecule has 2 rings (SSSR count). The van der Waals surface area contributed by atoms with Crippen LogP contribution in [0.2, 0.25) is 0 Å². The Morgan fingerprint density at radius 3 is 2.59 bits per heavy atom. The average molecular weight is 284 g/mol. The molecule has 1 N–H and O–H groups in total. The van der Waals surface area contributed by atoms with E-state index in [4.69, 9.17) is 21.1 Å². The molecule has 3 unspecified atom stereocenters. The van der Waals surface area contributed by atoms with E-state index in [1.807, 2.05) is 0 Å². The third kappa shape index (κ3) is 3.31. The minimum atomic E-state index is -3.14. The van der Waals surface area contributed by atoms with Gasteiger partial charge in [0.1, 0.15) is 0 Å². The molecular formula is C9H14ClNO5S. The molecule has 1 amide bonds. The van der Waals surface area contributed by atoms with Gasteiger partial charge in [0.15, 0.2) is 15.9 Å². The Bertz CT molecular complexity index is 392. The molecule has 17 heavy (non-hydrogen) atoms. The Morgan fingerprint density at radius 2 is 2.06 bits per heavy atom.